The Balaban J connectivity index is 0.000000921. The van der Waals surface area contributed by atoms with E-state index in [-0.39, 0.29) is 0 Å². The number of anilines is 1. The summed E-state index contributed by atoms with van der Waals surface area (Å²) >= 11 is 0. The minimum absolute atomic E-state index is 0.716. The van der Waals surface area contributed by atoms with E-state index in [4.69, 9.17) is 9.84 Å². The van der Waals surface area contributed by atoms with Gasteiger partial charge in [0, 0.05) is 32.0 Å². The first-order valence-electron chi connectivity index (χ1n) is 11.4. The number of rotatable bonds is 8. The van der Waals surface area contributed by atoms with Gasteiger partial charge in [0.25, 0.3) is 0 Å². The largest absolute Gasteiger partial charge is 0.381 e. The minimum Gasteiger partial charge on any atom is -0.381 e. The Morgan fingerprint density at radius 1 is 1.11 bits per heavy atom. The quantitative estimate of drug-likeness (QED) is 0.524. The fraction of sp³-hybridized carbons (Fsp3) is 0.708. The van der Waals surface area contributed by atoms with Crippen LogP contribution in [0.2, 0.25) is 0 Å². The van der Waals surface area contributed by atoms with Crippen molar-refractivity contribution in [1.82, 2.24) is 9.78 Å². The molecule has 0 unspecified atom stereocenters. The van der Waals surface area contributed by atoms with Crippen molar-refractivity contribution >= 4 is 17.5 Å². The summed E-state index contributed by atoms with van der Waals surface area (Å²) in [5.74, 6) is 1.56. The van der Waals surface area contributed by atoms with Crippen LogP contribution in [-0.2, 0) is 11.2 Å². The molecule has 1 aromatic rings. The van der Waals surface area contributed by atoms with Crippen molar-refractivity contribution in [3.63, 3.8) is 0 Å². The molecule has 3 rings (SSSR count). The average molecular weight is 390 g/mol. The van der Waals surface area contributed by atoms with Gasteiger partial charge in [-0.3, -0.25) is 0 Å². The van der Waals surface area contributed by atoms with E-state index in [1.165, 1.54) is 37.1 Å². The molecule has 0 atom stereocenters. The van der Waals surface area contributed by atoms with Gasteiger partial charge >= 0.3 is 0 Å². The normalized spacial score (nSPS) is 16.4. The molecule has 2 aliphatic rings. The van der Waals surface area contributed by atoms with Crippen LogP contribution in [0, 0.1) is 11.8 Å². The summed E-state index contributed by atoms with van der Waals surface area (Å²) in [7, 11) is 0. The second kappa shape index (κ2) is 12.8. The van der Waals surface area contributed by atoms with Crippen LogP contribution in [0.25, 0.3) is 11.8 Å². The molecule has 2 heterocycles. The molecule has 1 saturated heterocycles. The predicted molar refractivity (Wildman–Crippen MR) is 124 cm³/mol. The van der Waals surface area contributed by atoms with E-state index < -0.39 is 0 Å². The molecular formula is C24H43N3O. The zero-order valence-electron chi connectivity index (χ0n) is 19.3. The maximum Gasteiger partial charge on any atom is 0.0895 e. The molecule has 0 aromatic carbocycles. The zero-order valence-corrected chi connectivity index (χ0v) is 19.3. The molecule has 2 fully saturated rings. The lowest BCUT2D eigenvalue weighted by atomic mass is 9.99. The molecule has 4 nitrogen and oxygen atoms in total. The Morgan fingerprint density at radius 3 is 2.07 bits per heavy atom. The SMILES string of the molecule is C=Cc1c(N(CC2CCOCC2)CC2CC2)c(CC)nn1C(=C)C.CC.CC. The smallest absolute Gasteiger partial charge is 0.0895 e. The predicted octanol–water partition coefficient (Wildman–Crippen LogP) is 6.27. The second-order valence-electron chi connectivity index (χ2n) is 7.29. The Hall–Kier alpha value is -1.55. The highest BCUT2D eigenvalue weighted by Crippen LogP contribution is 2.36. The van der Waals surface area contributed by atoms with Crippen LogP contribution in [-0.4, -0.2) is 36.1 Å². The van der Waals surface area contributed by atoms with Crippen molar-refractivity contribution in [2.45, 2.75) is 73.6 Å². The molecule has 1 aliphatic heterocycles. The van der Waals surface area contributed by atoms with E-state index in [1.54, 1.807) is 0 Å². The monoisotopic (exact) mass is 389 g/mol. The van der Waals surface area contributed by atoms with E-state index in [2.05, 4.69) is 25.0 Å². The average Bonchev–Trinajstić information content (AvgIpc) is 3.47. The lowest BCUT2D eigenvalue weighted by molar-refractivity contribution is 0.0681. The number of allylic oxidation sites excluding steroid dienone is 1. The highest BCUT2D eigenvalue weighted by molar-refractivity contribution is 5.70. The minimum atomic E-state index is 0.716. The van der Waals surface area contributed by atoms with Crippen LogP contribution in [0.1, 0.15) is 78.6 Å². The summed E-state index contributed by atoms with van der Waals surface area (Å²) in [4.78, 5) is 2.59. The highest BCUT2D eigenvalue weighted by Gasteiger charge is 2.30. The number of hydrogen-bond acceptors (Lipinski definition) is 3. The van der Waals surface area contributed by atoms with E-state index in [1.807, 2.05) is 45.4 Å². The summed E-state index contributed by atoms with van der Waals surface area (Å²) < 4.78 is 7.51. The van der Waals surface area contributed by atoms with E-state index in [0.29, 0.717) is 5.92 Å². The summed E-state index contributed by atoms with van der Waals surface area (Å²) in [5, 5.41) is 4.82. The first kappa shape index (κ1) is 24.5. The van der Waals surface area contributed by atoms with Gasteiger partial charge in [0.05, 0.1) is 17.1 Å². The van der Waals surface area contributed by atoms with Crippen LogP contribution >= 0.6 is 0 Å². The molecule has 0 radical (unpaired) electrons. The number of aromatic nitrogens is 2. The van der Waals surface area contributed by atoms with Gasteiger partial charge in [-0.15, -0.1) is 0 Å². The van der Waals surface area contributed by atoms with Crippen LogP contribution in [0.4, 0.5) is 5.69 Å². The second-order valence-corrected chi connectivity index (χ2v) is 7.29. The molecule has 160 valence electrons. The standard InChI is InChI=1S/C20H31N3O.2C2H6/c1-5-18-20(19(6-2)23(21-18)15(3)4)22(13-16-7-8-16)14-17-9-11-24-12-10-17;2*1-2/h6,16-17H,2-3,5,7-14H2,1,4H3;2*1-2H3. The van der Waals surface area contributed by atoms with Crippen molar-refractivity contribution in [1.29, 1.82) is 0 Å². The Kier molecular flexibility index (Phi) is 11.2. The molecule has 0 N–H and O–H groups in total. The van der Waals surface area contributed by atoms with E-state index >= 15 is 0 Å². The third-order valence-corrected chi connectivity index (χ3v) is 5.17. The van der Waals surface area contributed by atoms with Crippen LogP contribution in [0.15, 0.2) is 13.2 Å². The van der Waals surface area contributed by atoms with Crippen LogP contribution in [0.3, 0.4) is 0 Å². The van der Waals surface area contributed by atoms with Crippen molar-refractivity contribution in [3.8, 4) is 0 Å². The molecule has 1 aliphatic carbocycles. The van der Waals surface area contributed by atoms with Gasteiger partial charge in [-0.2, -0.15) is 5.10 Å². The van der Waals surface area contributed by atoms with Crippen LogP contribution < -0.4 is 4.90 Å². The van der Waals surface area contributed by atoms with Gasteiger partial charge in [-0.05, 0) is 56.9 Å². The van der Waals surface area contributed by atoms with Crippen molar-refractivity contribution in [3.05, 3.63) is 24.5 Å². The van der Waals surface area contributed by atoms with E-state index in [9.17, 15) is 0 Å². The summed E-state index contributed by atoms with van der Waals surface area (Å²) in [6.45, 7) is 24.4. The Bertz CT molecular complexity index is 595. The summed E-state index contributed by atoms with van der Waals surface area (Å²) in [5.41, 5.74) is 4.50. The molecule has 1 aromatic heterocycles. The number of hydrogen-bond donors (Lipinski definition) is 0. The van der Waals surface area contributed by atoms with Crippen molar-refractivity contribution < 1.29 is 4.74 Å². The lowest BCUT2D eigenvalue weighted by Crippen LogP contribution is -2.34. The molecule has 0 amide bonds. The lowest BCUT2D eigenvalue weighted by Gasteiger charge is -2.32. The molecule has 0 bridgehead atoms. The topological polar surface area (TPSA) is 30.3 Å². The number of aryl methyl sites for hydroxylation is 1. The fourth-order valence-electron chi connectivity index (χ4n) is 3.64. The summed E-state index contributed by atoms with van der Waals surface area (Å²) in [6, 6.07) is 0. The van der Waals surface area contributed by atoms with Gasteiger partial charge < -0.3 is 9.64 Å². The fourth-order valence-corrected chi connectivity index (χ4v) is 3.64. The first-order valence-corrected chi connectivity index (χ1v) is 11.4. The molecule has 1 saturated carbocycles. The summed E-state index contributed by atoms with van der Waals surface area (Å²) in [6.07, 6.45) is 7.94. The Labute approximate surface area is 173 Å². The first-order chi connectivity index (χ1) is 13.6. The molecule has 0 spiro atoms. The zero-order chi connectivity index (χ0) is 21.1. The maximum atomic E-state index is 5.54. The van der Waals surface area contributed by atoms with E-state index in [0.717, 1.165) is 50.0 Å². The maximum absolute atomic E-state index is 5.54. The van der Waals surface area contributed by atoms with Gasteiger partial charge in [-0.1, -0.05) is 47.8 Å². The molecular weight excluding hydrogens is 346 g/mol. The van der Waals surface area contributed by atoms with Crippen molar-refractivity contribution in [2.24, 2.45) is 11.8 Å². The molecule has 4 heteroatoms. The van der Waals surface area contributed by atoms with Gasteiger partial charge in [0.2, 0.25) is 0 Å². The Morgan fingerprint density at radius 2 is 1.64 bits per heavy atom. The third kappa shape index (κ3) is 6.51. The van der Waals surface area contributed by atoms with Gasteiger partial charge in [0.1, 0.15) is 0 Å². The number of ether oxygens (including phenoxy) is 1. The van der Waals surface area contributed by atoms with Crippen molar-refractivity contribution in [2.75, 3.05) is 31.2 Å². The van der Waals surface area contributed by atoms with Gasteiger partial charge in [-0.25, -0.2) is 4.68 Å². The highest BCUT2D eigenvalue weighted by atomic mass is 16.5. The third-order valence-electron chi connectivity index (χ3n) is 5.17. The number of nitrogens with zero attached hydrogens (tertiary/aromatic N) is 3. The molecule has 28 heavy (non-hydrogen) atoms. The van der Waals surface area contributed by atoms with Crippen LogP contribution in [0.5, 0.6) is 0 Å². The van der Waals surface area contributed by atoms with Gasteiger partial charge in [0.15, 0.2) is 0 Å².